The van der Waals surface area contributed by atoms with Crippen LogP contribution in [0.25, 0.3) is 10.6 Å². The van der Waals surface area contributed by atoms with Crippen LogP contribution in [0.3, 0.4) is 0 Å². The number of aliphatic carboxylic acids is 1. The van der Waals surface area contributed by atoms with Gasteiger partial charge in [-0.3, -0.25) is 14.5 Å². The Labute approximate surface area is 206 Å². The highest BCUT2D eigenvalue weighted by molar-refractivity contribution is 7.19. The number of amides is 3. The molecule has 8 N–H and O–H groups in total. The minimum Gasteiger partial charge on any atom is -0.479 e. The van der Waals surface area contributed by atoms with Crippen LogP contribution < -0.4 is 21.9 Å². The van der Waals surface area contributed by atoms with Gasteiger partial charge in [-0.1, -0.05) is 22.7 Å². The smallest absolute Gasteiger partial charge is 0.479 e. The molecule has 14 nitrogen and oxygen atoms in total. The number of carboxylic acid groups (broad SMARTS) is 2. The number of carbonyl (C=O) groups excluding carboxylic acids is 3. The van der Waals surface area contributed by atoms with Gasteiger partial charge in [-0.2, -0.15) is 13.2 Å². The number of nitrogens with two attached hydrogens (primary N) is 3. The average molecular weight is 554 g/mol. The van der Waals surface area contributed by atoms with Gasteiger partial charge in [0, 0.05) is 6.54 Å². The van der Waals surface area contributed by atoms with Gasteiger partial charge < -0.3 is 32.2 Å². The van der Waals surface area contributed by atoms with Crippen molar-refractivity contribution < 1.29 is 52.1 Å². The zero-order valence-corrected chi connectivity index (χ0v) is 19.6. The number of rotatable bonds is 5. The fourth-order valence-electron chi connectivity index (χ4n) is 3.09. The molecule has 0 spiro atoms. The fourth-order valence-corrected chi connectivity index (χ4v) is 4.76. The summed E-state index contributed by atoms with van der Waals surface area (Å²) in [6, 6.07) is 0. The summed E-state index contributed by atoms with van der Waals surface area (Å²) in [5.41, 5.74) is 13.9. The number of alkyl halides is 3. The Balaban J connectivity index is 0.000000281. The lowest BCUT2D eigenvalue weighted by molar-refractivity contribution is -0.189. The van der Waals surface area contributed by atoms with Gasteiger partial charge >= 0.3 is 24.2 Å². The van der Waals surface area contributed by atoms with Crippen molar-refractivity contribution in [1.82, 2.24) is 14.9 Å². The molecule has 3 heterocycles. The number of aromatic nitrogens is 2. The van der Waals surface area contributed by atoms with Gasteiger partial charge in [-0.05, 0) is 19.8 Å². The molecular formula is C17H17F3N6O8S2. The van der Waals surface area contributed by atoms with E-state index in [1.807, 2.05) is 0 Å². The Morgan fingerprint density at radius 1 is 1.11 bits per heavy atom. The topological polar surface area (TPSA) is 242 Å². The molecule has 1 aliphatic heterocycles. The van der Waals surface area contributed by atoms with Crippen molar-refractivity contribution in [2.75, 3.05) is 12.3 Å². The number of thiazole rings is 2. The second-order valence-electron chi connectivity index (χ2n) is 6.94. The van der Waals surface area contributed by atoms with Crippen LogP contribution in [0.5, 0.6) is 5.19 Å². The predicted octanol–water partition coefficient (Wildman–Crippen LogP) is 0.793. The first-order chi connectivity index (χ1) is 16.5. The third-order valence-electron chi connectivity index (χ3n) is 4.64. The Kier molecular flexibility index (Phi) is 8.09. The van der Waals surface area contributed by atoms with E-state index in [4.69, 9.17) is 27.4 Å². The fraction of sp³-hybridized carbons (Fsp3) is 0.353. The van der Waals surface area contributed by atoms with Gasteiger partial charge in [-0.15, -0.1) is 0 Å². The number of hydrogen-bond acceptors (Lipinski definition) is 11. The molecule has 19 heteroatoms. The molecule has 1 aliphatic rings. The highest BCUT2D eigenvalue weighted by Gasteiger charge is 2.55. The van der Waals surface area contributed by atoms with Crippen LogP contribution in [-0.2, 0) is 14.4 Å². The third kappa shape index (κ3) is 5.62. The van der Waals surface area contributed by atoms with Gasteiger partial charge in [0.25, 0.3) is 17.0 Å². The molecule has 0 aromatic carbocycles. The van der Waals surface area contributed by atoms with Crippen molar-refractivity contribution in [3.63, 3.8) is 0 Å². The SMILES string of the molecule is Cc1nc(OC(=O)C(F)(F)F)sc1-c1nc(N)sc1C(N)=O.NC(=O)[C@]1(C(=O)O)CCCN1C(=O)O. The van der Waals surface area contributed by atoms with E-state index in [1.54, 1.807) is 0 Å². The van der Waals surface area contributed by atoms with Gasteiger partial charge in [0.2, 0.25) is 5.54 Å². The van der Waals surface area contributed by atoms with Crippen LogP contribution in [0, 0.1) is 6.92 Å². The molecule has 36 heavy (non-hydrogen) atoms. The molecule has 1 atom stereocenters. The van der Waals surface area contributed by atoms with Crippen LogP contribution in [0.4, 0.5) is 23.1 Å². The van der Waals surface area contributed by atoms with Crippen molar-refractivity contribution in [1.29, 1.82) is 0 Å². The molecule has 0 bridgehead atoms. The van der Waals surface area contributed by atoms with E-state index in [-0.39, 0.29) is 39.2 Å². The molecule has 1 saturated heterocycles. The molecular weight excluding hydrogens is 537 g/mol. The van der Waals surface area contributed by atoms with Crippen LogP contribution in [-0.4, -0.2) is 73.2 Å². The van der Waals surface area contributed by atoms with E-state index in [2.05, 4.69) is 14.7 Å². The molecule has 3 rings (SSSR count). The number of nitrogens with zero attached hydrogens (tertiary/aromatic N) is 3. The van der Waals surface area contributed by atoms with Crippen molar-refractivity contribution >= 4 is 57.7 Å². The Morgan fingerprint density at radius 3 is 2.17 bits per heavy atom. The second kappa shape index (κ2) is 10.3. The summed E-state index contributed by atoms with van der Waals surface area (Å²) in [6.45, 7) is 1.47. The maximum atomic E-state index is 12.2. The van der Waals surface area contributed by atoms with E-state index in [0.717, 1.165) is 11.3 Å². The molecule has 1 fully saturated rings. The molecule has 196 valence electrons. The largest absolute Gasteiger partial charge is 0.491 e. The van der Waals surface area contributed by atoms with E-state index in [1.165, 1.54) is 6.92 Å². The van der Waals surface area contributed by atoms with E-state index in [9.17, 15) is 37.1 Å². The lowest BCUT2D eigenvalue weighted by atomic mass is 9.96. The van der Waals surface area contributed by atoms with E-state index >= 15 is 0 Å². The molecule has 3 amide bonds. The highest BCUT2D eigenvalue weighted by atomic mass is 32.1. The number of carbonyl (C=O) groups is 5. The van der Waals surface area contributed by atoms with Gasteiger partial charge in [0.05, 0.1) is 10.6 Å². The Bertz CT molecular complexity index is 1210. The van der Waals surface area contributed by atoms with E-state index in [0.29, 0.717) is 22.7 Å². The first-order valence-electron chi connectivity index (χ1n) is 9.39. The quantitative estimate of drug-likeness (QED) is 0.255. The van der Waals surface area contributed by atoms with Crippen molar-refractivity contribution in [2.45, 2.75) is 31.5 Å². The monoisotopic (exact) mass is 554 g/mol. The maximum absolute atomic E-state index is 12.2. The number of ether oxygens (including phenoxy) is 1. The number of primary amides is 2. The number of nitrogen functional groups attached to an aromatic ring is 1. The van der Waals surface area contributed by atoms with Crippen LogP contribution in [0.2, 0.25) is 0 Å². The molecule has 2 aromatic rings. The number of hydrogen-bond donors (Lipinski definition) is 5. The zero-order chi connectivity index (χ0) is 27.6. The van der Waals surface area contributed by atoms with Crippen LogP contribution >= 0.6 is 22.7 Å². The molecule has 0 unspecified atom stereocenters. The summed E-state index contributed by atoms with van der Waals surface area (Å²) < 4.78 is 40.6. The highest BCUT2D eigenvalue weighted by Crippen LogP contribution is 2.38. The number of halogens is 3. The van der Waals surface area contributed by atoms with Crippen molar-refractivity contribution in [2.24, 2.45) is 11.5 Å². The number of likely N-dealkylation sites (tertiary alicyclic amines) is 1. The minimum absolute atomic E-state index is 0.0184. The number of anilines is 1. The molecule has 2 aromatic heterocycles. The molecule has 0 saturated carbocycles. The summed E-state index contributed by atoms with van der Waals surface area (Å²) in [6.07, 6.45) is -6.32. The number of esters is 1. The number of carboxylic acids is 1. The van der Waals surface area contributed by atoms with E-state index < -0.39 is 46.8 Å². The maximum Gasteiger partial charge on any atom is 0.491 e. The second-order valence-corrected chi connectivity index (χ2v) is 8.94. The van der Waals surface area contributed by atoms with Crippen molar-refractivity contribution in [3.05, 3.63) is 10.6 Å². The molecule has 0 aliphatic carbocycles. The predicted molar refractivity (Wildman–Crippen MR) is 116 cm³/mol. The summed E-state index contributed by atoms with van der Waals surface area (Å²) in [7, 11) is 0. The minimum atomic E-state index is -5.14. The van der Waals surface area contributed by atoms with Crippen LogP contribution in [0.15, 0.2) is 0 Å². The summed E-state index contributed by atoms with van der Waals surface area (Å²) in [4.78, 5) is 63.1. The van der Waals surface area contributed by atoms with Gasteiger partial charge in [0.15, 0.2) is 5.13 Å². The summed E-state index contributed by atoms with van der Waals surface area (Å²) in [5.74, 6) is -5.82. The lowest BCUT2D eigenvalue weighted by Gasteiger charge is -2.29. The molecule has 0 radical (unpaired) electrons. The third-order valence-corrected chi connectivity index (χ3v) is 6.59. The van der Waals surface area contributed by atoms with Crippen molar-refractivity contribution in [3.8, 4) is 15.8 Å². The normalized spacial score (nSPS) is 17.2. The Morgan fingerprint density at radius 2 is 1.72 bits per heavy atom. The van der Waals surface area contributed by atoms with Crippen LogP contribution in [0.1, 0.15) is 28.2 Å². The zero-order valence-electron chi connectivity index (χ0n) is 18.0. The summed E-state index contributed by atoms with van der Waals surface area (Å²) >= 11 is 1.47. The lowest BCUT2D eigenvalue weighted by Crippen LogP contribution is -2.60. The van der Waals surface area contributed by atoms with Gasteiger partial charge in [-0.25, -0.2) is 24.4 Å². The first-order valence-corrected chi connectivity index (χ1v) is 11.0. The first kappa shape index (κ1) is 28.2. The average Bonchev–Trinajstić information content (AvgIpc) is 3.44. The standard InChI is InChI=1S/C10H7F3N4O3S2.C7H10N2O5/c1-2-4(3-5(6(14)18)21-8(15)17-3)22-9(16-2)20-7(19)10(11,12)13;8-4(10)7(5(11)12)2-1-3-9(7)6(13)14/h1H3,(H2,14,18)(H2,15,17);1-3H2,(H2,8,10)(H,11,12)(H,13,14)/t;7-/m.0/s1. The Hall–Kier alpha value is -4.00. The van der Waals surface area contributed by atoms with Gasteiger partial charge in [0.1, 0.15) is 10.6 Å². The summed E-state index contributed by atoms with van der Waals surface area (Å²) in [5, 5.41) is 17.1. The number of aryl methyl sites for hydroxylation is 1.